The van der Waals surface area contributed by atoms with Crippen molar-refractivity contribution in [3.8, 4) is 16.2 Å². The SMILES string of the molecule is C=CCSc1nc2cc(-c3ccc(OC)cc3)sc2c(=O)n1Cc1cccnc1. The Morgan fingerprint density at radius 1 is 1.28 bits per heavy atom. The summed E-state index contributed by atoms with van der Waals surface area (Å²) in [6.45, 7) is 4.21. The van der Waals surface area contributed by atoms with Crippen LogP contribution in [0.15, 0.2) is 77.5 Å². The van der Waals surface area contributed by atoms with Crippen molar-refractivity contribution < 1.29 is 4.74 Å². The second kappa shape index (κ2) is 8.63. The lowest BCUT2D eigenvalue weighted by atomic mass is 10.2. The van der Waals surface area contributed by atoms with Gasteiger partial charge in [0, 0.05) is 23.0 Å². The Bertz CT molecular complexity index is 1200. The minimum atomic E-state index is -0.0322. The van der Waals surface area contributed by atoms with Crippen LogP contribution in [0.4, 0.5) is 0 Å². The summed E-state index contributed by atoms with van der Waals surface area (Å²) >= 11 is 2.97. The number of nitrogens with zero attached hydrogens (tertiary/aromatic N) is 3. The van der Waals surface area contributed by atoms with Crippen molar-refractivity contribution in [3.63, 3.8) is 0 Å². The molecule has 0 saturated heterocycles. The molecule has 4 aromatic rings. The van der Waals surface area contributed by atoms with Crippen molar-refractivity contribution in [2.75, 3.05) is 12.9 Å². The highest BCUT2D eigenvalue weighted by atomic mass is 32.2. The van der Waals surface area contributed by atoms with E-state index in [1.807, 2.05) is 48.5 Å². The molecule has 1 aromatic carbocycles. The van der Waals surface area contributed by atoms with Crippen LogP contribution in [-0.2, 0) is 6.54 Å². The van der Waals surface area contributed by atoms with Gasteiger partial charge in [-0.2, -0.15) is 0 Å². The standard InChI is InChI=1S/C22H19N3O2S2/c1-3-11-28-22-24-18-12-19(16-6-8-17(27-2)9-7-16)29-20(18)21(26)25(22)14-15-5-4-10-23-13-15/h3-10,12-13H,1,11,14H2,2H3. The van der Waals surface area contributed by atoms with Crippen LogP contribution in [0, 0.1) is 0 Å². The minimum Gasteiger partial charge on any atom is -0.497 e. The van der Waals surface area contributed by atoms with E-state index in [9.17, 15) is 4.79 Å². The van der Waals surface area contributed by atoms with Crippen LogP contribution in [0.3, 0.4) is 0 Å². The average Bonchev–Trinajstić information content (AvgIpc) is 3.20. The third-order valence-electron chi connectivity index (χ3n) is 4.37. The lowest BCUT2D eigenvalue weighted by Crippen LogP contribution is -2.23. The summed E-state index contributed by atoms with van der Waals surface area (Å²) in [5.74, 6) is 1.48. The van der Waals surface area contributed by atoms with E-state index in [4.69, 9.17) is 9.72 Å². The van der Waals surface area contributed by atoms with Gasteiger partial charge in [-0.15, -0.1) is 17.9 Å². The van der Waals surface area contributed by atoms with E-state index in [1.165, 1.54) is 23.1 Å². The first kappa shape index (κ1) is 19.4. The number of thioether (sulfide) groups is 1. The predicted octanol–water partition coefficient (Wildman–Crippen LogP) is 4.86. The number of ether oxygens (including phenoxy) is 1. The van der Waals surface area contributed by atoms with Gasteiger partial charge in [0.2, 0.25) is 0 Å². The number of benzene rings is 1. The molecule has 0 amide bonds. The molecule has 29 heavy (non-hydrogen) atoms. The van der Waals surface area contributed by atoms with Crippen LogP contribution < -0.4 is 10.3 Å². The minimum absolute atomic E-state index is 0.0322. The maximum absolute atomic E-state index is 13.3. The molecule has 0 spiro atoms. The molecule has 0 unspecified atom stereocenters. The van der Waals surface area contributed by atoms with Crippen LogP contribution in [-0.4, -0.2) is 27.4 Å². The molecule has 0 saturated carbocycles. The molecule has 3 aromatic heterocycles. The van der Waals surface area contributed by atoms with Gasteiger partial charge in [-0.1, -0.05) is 23.9 Å². The molecule has 146 valence electrons. The summed E-state index contributed by atoms with van der Waals surface area (Å²) < 4.78 is 7.61. The zero-order chi connectivity index (χ0) is 20.2. The van der Waals surface area contributed by atoms with Crippen LogP contribution >= 0.6 is 23.1 Å². The van der Waals surface area contributed by atoms with Gasteiger partial charge in [0.1, 0.15) is 10.4 Å². The Balaban J connectivity index is 1.81. The molecular formula is C22H19N3O2S2. The van der Waals surface area contributed by atoms with Crippen molar-refractivity contribution in [2.45, 2.75) is 11.7 Å². The molecule has 0 atom stereocenters. The number of rotatable bonds is 7. The summed E-state index contributed by atoms with van der Waals surface area (Å²) in [7, 11) is 1.64. The van der Waals surface area contributed by atoms with Crippen LogP contribution in [0.2, 0.25) is 0 Å². The van der Waals surface area contributed by atoms with Gasteiger partial charge in [0.25, 0.3) is 5.56 Å². The fourth-order valence-electron chi connectivity index (χ4n) is 2.95. The Morgan fingerprint density at radius 2 is 2.10 bits per heavy atom. The lowest BCUT2D eigenvalue weighted by Gasteiger charge is -2.11. The number of thiophene rings is 1. The van der Waals surface area contributed by atoms with E-state index < -0.39 is 0 Å². The van der Waals surface area contributed by atoms with Crippen molar-refractivity contribution in [3.05, 3.63) is 83.4 Å². The largest absolute Gasteiger partial charge is 0.497 e. The van der Waals surface area contributed by atoms with E-state index in [1.54, 1.807) is 24.1 Å². The lowest BCUT2D eigenvalue weighted by molar-refractivity contribution is 0.415. The molecule has 0 bridgehead atoms. The Labute approximate surface area is 176 Å². The van der Waals surface area contributed by atoms with Gasteiger partial charge in [0.15, 0.2) is 5.16 Å². The highest BCUT2D eigenvalue weighted by Gasteiger charge is 2.15. The highest BCUT2D eigenvalue weighted by molar-refractivity contribution is 7.99. The molecule has 0 aliphatic rings. The number of hydrogen-bond acceptors (Lipinski definition) is 6. The second-order valence-electron chi connectivity index (χ2n) is 6.30. The van der Waals surface area contributed by atoms with Crippen molar-refractivity contribution in [1.82, 2.24) is 14.5 Å². The fourth-order valence-corrected chi connectivity index (χ4v) is 4.73. The zero-order valence-electron chi connectivity index (χ0n) is 15.9. The first-order chi connectivity index (χ1) is 14.2. The summed E-state index contributed by atoms with van der Waals surface area (Å²) in [6.07, 6.45) is 5.31. The maximum Gasteiger partial charge on any atom is 0.272 e. The third kappa shape index (κ3) is 4.11. The monoisotopic (exact) mass is 421 g/mol. The molecule has 0 N–H and O–H groups in total. The quantitative estimate of drug-likeness (QED) is 0.242. The predicted molar refractivity (Wildman–Crippen MR) is 120 cm³/mol. The van der Waals surface area contributed by atoms with Crippen LogP contribution in [0.1, 0.15) is 5.56 Å². The number of aromatic nitrogens is 3. The third-order valence-corrected chi connectivity index (χ3v) is 6.50. The second-order valence-corrected chi connectivity index (χ2v) is 8.34. The highest BCUT2D eigenvalue weighted by Crippen LogP contribution is 2.33. The molecule has 7 heteroatoms. The summed E-state index contributed by atoms with van der Waals surface area (Å²) in [4.78, 5) is 23.3. The smallest absolute Gasteiger partial charge is 0.272 e. The maximum atomic E-state index is 13.3. The van der Waals surface area contributed by atoms with Crippen LogP contribution in [0.25, 0.3) is 20.7 Å². The number of hydrogen-bond donors (Lipinski definition) is 0. The molecule has 3 heterocycles. The molecule has 5 nitrogen and oxygen atoms in total. The van der Waals surface area contributed by atoms with Gasteiger partial charge in [-0.05, 0) is 47.5 Å². The van der Waals surface area contributed by atoms with Gasteiger partial charge >= 0.3 is 0 Å². The summed E-state index contributed by atoms with van der Waals surface area (Å²) in [6, 6.07) is 13.6. The van der Waals surface area contributed by atoms with Gasteiger partial charge in [0.05, 0.1) is 19.2 Å². The van der Waals surface area contributed by atoms with E-state index in [0.29, 0.717) is 22.2 Å². The Hall–Kier alpha value is -2.90. The number of methoxy groups -OCH3 is 1. The molecule has 0 fully saturated rings. The normalized spacial score (nSPS) is 10.9. The molecule has 4 rings (SSSR count). The summed E-state index contributed by atoms with van der Waals surface area (Å²) in [5, 5.41) is 0.685. The van der Waals surface area contributed by atoms with Crippen molar-refractivity contribution in [2.24, 2.45) is 0 Å². The van der Waals surface area contributed by atoms with E-state index in [-0.39, 0.29) is 5.56 Å². The first-order valence-corrected chi connectivity index (χ1v) is 10.8. The Kier molecular flexibility index (Phi) is 5.78. The number of pyridine rings is 1. The van der Waals surface area contributed by atoms with Crippen LogP contribution in [0.5, 0.6) is 5.75 Å². The van der Waals surface area contributed by atoms with Crippen molar-refractivity contribution >= 4 is 33.3 Å². The zero-order valence-corrected chi connectivity index (χ0v) is 17.5. The topological polar surface area (TPSA) is 57.0 Å². The van der Waals surface area contributed by atoms with Gasteiger partial charge in [-0.25, -0.2) is 4.98 Å². The van der Waals surface area contributed by atoms with Gasteiger partial charge in [-0.3, -0.25) is 14.3 Å². The molecular weight excluding hydrogens is 402 g/mol. The summed E-state index contributed by atoms with van der Waals surface area (Å²) in [5.41, 5.74) is 2.69. The van der Waals surface area contributed by atoms with Crippen molar-refractivity contribution in [1.29, 1.82) is 0 Å². The molecule has 0 aliphatic carbocycles. The Morgan fingerprint density at radius 3 is 2.79 bits per heavy atom. The first-order valence-electron chi connectivity index (χ1n) is 9.01. The fraction of sp³-hybridized carbons (Fsp3) is 0.136. The van der Waals surface area contributed by atoms with E-state index in [2.05, 4.69) is 11.6 Å². The average molecular weight is 422 g/mol. The van der Waals surface area contributed by atoms with Gasteiger partial charge < -0.3 is 4.74 Å². The molecule has 0 radical (unpaired) electrons. The number of fused-ring (bicyclic) bond motifs is 1. The van der Waals surface area contributed by atoms with E-state index in [0.717, 1.165) is 27.3 Å². The van der Waals surface area contributed by atoms with E-state index >= 15 is 0 Å². The molecule has 0 aliphatic heterocycles.